The Balaban J connectivity index is 1.93. The molecule has 5 nitrogen and oxygen atoms in total. The van der Waals surface area contributed by atoms with Gasteiger partial charge in [0.2, 0.25) is 5.91 Å². The summed E-state index contributed by atoms with van der Waals surface area (Å²) in [6.45, 7) is 5.77. The minimum atomic E-state index is -0.561. The highest BCUT2D eigenvalue weighted by Gasteiger charge is 2.34. The summed E-state index contributed by atoms with van der Waals surface area (Å²) in [5, 5.41) is 0. The first-order valence-corrected chi connectivity index (χ1v) is 7.17. The maximum atomic E-state index is 12.3. The number of piperazine rings is 1. The number of nitrogens with zero attached hydrogens (tertiary/aromatic N) is 2. The summed E-state index contributed by atoms with van der Waals surface area (Å²) in [7, 11) is 0. The second-order valence-electron chi connectivity index (χ2n) is 5.58. The first-order valence-electron chi connectivity index (χ1n) is 6.64. The van der Waals surface area contributed by atoms with Gasteiger partial charge >= 0.3 is 0 Å². The molecule has 0 aliphatic carbocycles. The molecule has 110 valence electrons. The van der Waals surface area contributed by atoms with Crippen molar-refractivity contribution < 1.29 is 14.0 Å². The molecule has 0 unspecified atom stereocenters. The van der Waals surface area contributed by atoms with Gasteiger partial charge < -0.3 is 14.2 Å². The van der Waals surface area contributed by atoms with Crippen LogP contribution < -0.4 is 0 Å². The van der Waals surface area contributed by atoms with Crippen LogP contribution in [0.4, 0.5) is 0 Å². The van der Waals surface area contributed by atoms with E-state index in [1.54, 1.807) is 21.9 Å². The van der Waals surface area contributed by atoms with Crippen molar-refractivity contribution in [3.8, 4) is 0 Å². The molecule has 0 N–H and O–H groups in total. The van der Waals surface area contributed by atoms with E-state index in [-0.39, 0.29) is 17.7 Å². The van der Waals surface area contributed by atoms with Crippen LogP contribution in [0.3, 0.4) is 0 Å². The van der Waals surface area contributed by atoms with Crippen molar-refractivity contribution >= 4 is 23.4 Å². The molecule has 1 aromatic heterocycles. The van der Waals surface area contributed by atoms with Gasteiger partial charge in [0.15, 0.2) is 5.76 Å². The van der Waals surface area contributed by atoms with Crippen molar-refractivity contribution in [1.29, 1.82) is 0 Å². The summed E-state index contributed by atoms with van der Waals surface area (Å²) in [5.74, 6) is 0.541. The summed E-state index contributed by atoms with van der Waals surface area (Å²) in [4.78, 5) is 27.9. The lowest BCUT2D eigenvalue weighted by molar-refractivity contribution is -0.140. The summed E-state index contributed by atoms with van der Waals surface area (Å²) >= 11 is 5.83. The number of hydrogen-bond donors (Lipinski definition) is 0. The highest BCUT2D eigenvalue weighted by molar-refractivity contribution is 6.19. The van der Waals surface area contributed by atoms with Gasteiger partial charge in [-0.1, -0.05) is 0 Å². The van der Waals surface area contributed by atoms with Crippen LogP contribution in [0.15, 0.2) is 22.8 Å². The minimum absolute atomic E-state index is 0.0394. The van der Waals surface area contributed by atoms with Crippen LogP contribution in [0.5, 0.6) is 0 Å². The monoisotopic (exact) mass is 298 g/mol. The molecule has 2 rings (SSSR count). The van der Waals surface area contributed by atoms with E-state index in [0.717, 1.165) is 0 Å². The van der Waals surface area contributed by atoms with Crippen LogP contribution in [0.2, 0.25) is 0 Å². The number of carbonyl (C=O) groups is 2. The number of halogens is 1. The van der Waals surface area contributed by atoms with Gasteiger partial charge in [-0.15, -0.1) is 11.6 Å². The topological polar surface area (TPSA) is 53.8 Å². The molecule has 0 atom stereocenters. The van der Waals surface area contributed by atoms with E-state index in [1.165, 1.54) is 6.26 Å². The zero-order valence-electron chi connectivity index (χ0n) is 11.8. The zero-order valence-corrected chi connectivity index (χ0v) is 12.5. The molecule has 0 saturated carbocycles. The Kier molecular flexibility index (Phi) is 4.38. The maximum Gasteiger partial charge on any atom is 0.289 e. The molecule has 0 radical (unpaired) electrons. The van der Waals surface area contributed by atoms with Gasteiger partial charge in [-0.3, -0.25) is 9.59 Å². The summed E-state index contributed by atoms with van der Waals surface area (Å²) in [5.41, 5.74) is -0.561. The molecule has 1 aliphatic rings. The normalized spacial score (nSPS) is 16.4. The molecule has 0 spiro atoms. The second-order valence-corrected chi connectivity index (χ2v) is 5.85. The molecule has 2 heterocycles. The Morgan fingerprint density at radius 1 is 1.25 bits per heavy atom. The molecule has 20 heavy (non-hydrogen) atoms. The Hall–Kier alpha value is -1.49. The third kappa shape index (κ3) is 2.98. The molecule has 0 bridgehead atoms. The van der Waals surface area contributed by atoms with Gasteiger partial charge in [0.25, 0.3) is 5.91 Å². The van der Waals surface area contributed by atoms with E-state index in [0.29, 0.717) is 31.9 Å². The Morgan fingerprint density at radius 2 is 1.85 bits per heavy atom. The predicted molar refractivity (Wildman–Crippen MR) is 75.7 cm³/mol. The van der Waals surface area contributed by atoms with Crippen LogP contribution in [0.25, 0.3) is 0 Å². The number of carbonyl (C=O) groups excluding carboxylic acids is 2. The zero-order chi connectivity index (χ0) is 14.8. The number of rotatable bonds is 3. The van der Waals surface area contributed by atoms with E-state index in [1.807, 2.05) is 13.8 Å². The minimum Gasteiger partial charge on any atom is -0.459 e. The Bertz CT molecular complexity index is 477. The van der Waals surface area contributed by atoms with E-state index in [2.05, 4.69) is 0 Å². The number of furan rings is 1. The SMILES string of the molecule is CC(C)(CCl)C(=O)N1CCN(C(=O)c2ccco2)CC1. The van der Waals surface area contributed by atoms with Crippen molar-refractivity contribution in [3.05, 3.63) is 24.2 Å². The van der Waals surface area contributed by atoms with E-state index >= 15 is 0 Å². The molecule has 6 heteroatoms. The fraction of sp³-hybridized carbons (Fsp3) is 0.571. The quantitative estimate of drug-likeness (QED) is 0.800. The Morgan fingerprint density at radius 3 is 2.35 bits per heavy atom. The van der Waals surface area contributed by atoms with Gasteiger partial charge in [-0.2, -0.15) is 0 Å². The highest BCUT2D eigenvalue weighted by atomic mass is 35.5. The largest absolute Gasteiger partial charge is 0.459 e. The molecule has 2 amide bonds. The number of amides is 2. The molecule has 1 aliphatic heterocycles. The molecular formula is C14H19ClN2O3. The van der Waals surface area contributed by atoms with E-state index in [4.69, 9.17) is 16.0 Å². The lowest BCUT2D eigenvalue weighted by atomic mass is 9.94. The lowest BCUT2D eigenvalue weighted by Gasteiger charge is -2.37. The summed E-state index contributed by atoms with van der Waals surface area (Å²) < 4.78 is 5.11. The van der Waals surface area contributed by atoms with Crippen molar-refractivity contribution in [3.63, 3.8) is 0 Å². The second kappa shape index (κ2) is 5.87. The average Bonchev–Trinajstić information content (AvgIpc) is 3.00. The van der Waals surface area contributed by atoms with Crippen LogP contribution in [-0.4, -0.2) is 53.7 Å². The van der Waals surface area contributed by atoms with Crippen LogP contribution in [-0.2, 0) is 4.79 Å². The predicted octanol–water partition coefficient (Wildman–Crippen LogP) is 1.83. The third-order valence-corrected chi connectivity index (χ3v) is 4.17. The maximum absolute atomic E-state index is 12.3. The number of hydrogen-bond acceptors (Lipinski definition) is 3. The fourth-order valence-electron chi connectivity index (χ4n) is 2.15. The van der Waals surface area contributed by atoms with Crippen molar-refractivity contribution in [2.75, 3.05) is 32.1 Å². The molecule has 1 aromatic rings. The van der Waals surface area contributed by atoms with Crippen LogP contribution in [0.1, 0.15) is 24.4 Å². The van der Waals surface area contributed by atoms with Gasteiger partial charge in [0.05, 0.1) is 11.7 Å². The average molecular weight is 299 g/mol. The molecular weight excluding hydrogens is 280 g/mol. The van der Waals surface area contributed by atoms with Gasteiger partial charge in [0, 0.05) is 32.1 Å². The van der Waals surface area contributed by atoms with Crippen LogP contribution >= 0.6 is 11.6 Å². The lowest BCUT2D eigenvalue weighted by Crippen LogP contribution is -2.53. The van der Waals surface area contributed by atoms with Gasteiger partial charge in [0.1, 0.15) is 0 Å². The highest BCUT2D eigenvalue weighted by Crippen LogP contribution is 2.22. The number of alkyl halides is 1. The van der Waals surface area contributed by atoms with Gasteiger partial charge in [-0.05, 0) is 26.0 Å². The smallest absolute Gasteiger partial charge is 0.289 e. The summed E-state index contributed by atoms with van der Waals surface area (Å²) in [6.07, 6.45) is 1.48. The van der Waals surface area contributed by atoms with Crippen molar-refractivity contribution in [2.24, 2.45) is 5.41 Å². The van der Waals surface area contributed by atoms with Crippen LogP contribution in [0, 0.1) is 5.41 Å². The standard InChI is InChI=1S/C14H19ClN2O3/c1-14(2,10-15)13(19)17-7-5-16(6-8-17)12(18)11-4-3-9-20-11/h3-4,9H,5-8,10H2,1-2H3. The van der Waals surface area contributed by atoms with Gasteiger partial charge in [-0.25, -0.2) is 0 Å². The van der Waals surface area contributed by atoms with E-state index in [9.17, 15) is 9.59 Å². The molecule has 0 aromatic carbocycles. The van der Waals surface area contributed by atoms with E-state index < -0.39 is 5.41 Å². The summed E-state index contributed by atoms with van der Waals surface area (Å²) in [6, 6.07) is 3.34. The first kappa shape index (κ1) is 14.9. The third-order valence-electron chi connectivity index (χ3n) is 3.50. The van der Waals surface area contributed by atoms with Crippen molar-refractivity contribution in [2.45, 2.75) is 13.8 Å². The molecule has 1 fully saturated rings. The van der Waals surface area contributed by atoms with Crippen molar-refractivity contribution in [1.82, 2.24) is 9.80 Å². The molecule has 1 saturated heterocycles. The fourth-order valence-corrected chi connectivity index (χ4v) is 2.27. The Labute approximate surface area is 123 Å². The first-order chi connectivity index (χ1) is 9.45.